The SMILES string of the molecule is Cc1cccc2cccc(N3CCc4c(nc(OCC5CCCN5C)nc4N4CCC(N(C)C(=O)C5CN5S(C)(=O)=O)CC4)C3)c12. The Kier molecular flexibility index (Phi) is 8.31. The Hall–Kier alpha value is -3.48. The van der Waals surface area contributed by atoms with Gasteiger partial charge in [0.05, 0.1) is 18.5 Å². The molecule has 3 atom stereocenters. The van der Waals surface area contributed by atoms with Crippen LogP contribution in [0.25, 0.3) is 10.8 Å². The lowest BCUT2D eigenvalue weighted by atomic mass is 9.98. The summed E-state index contributed by atoms with van der Waals surface area (Å²) >= 11 is 0. The summed E-state index contributed by atoms with van der Waals surface area (Å²) < 4.78 is 31.4. The van der Waals surface area contributed by atoms with Gasteiger partial charge in [-0.2, -0.15) is 14.3 Å². The molecule has 0 saturated carbocycles. The number of anilines is 2. The lowest BCUT2D eigenvalue weighted by Gasteiger charge is -2.39. The average Bonchev–Trinajstić information content (AvgIpc) is 3.78. The number of rotatable bonds is 8. The molecule has 3 aromatic rings. The predicted octanol–water partition coefficient (Wildman–Crippen LogP) is 3.04. The van der Waals surface area contributed by atoms with E-state index in [-0.39, 0.29) is 18.5 Å². The molecule has 3 fully saturated rings. The fourth-order valence-corrected chi connectivity index (χ4v) is 8.59. The van der Waals surface area contributed by atoms with Gasteiger partial charge in [0.15, 0.2) is 0 Å². The highest BCUT2D eigenvalue weighted by Gasteiger charge is 2.49. The molecule has 12 heteroatoms. The molecule has 2 aromatic carbocycles. The minimum absolute atomic E-state index is 0.0575. The zero-order valence-corrected chi connectivity index (χ0v) is 28.2. The molecule has 4 aliphatic rings. The van der Waals surface area contributed by atoms with Gasteiger partial charge in [0.2, 0.25) is 15.9 Å². The third-order valence-corrected chi connectivity index (χ3v) is 11.7. The van der Waals surface area contributed by atoms with Gasteiger partial charge in [0.1, 0.15) is 18.5 Å². The highest BCUT2D eigenvalue weighted by atomic mass is 32.2. The van der Waals surface area contributed by atoms with Crippen LogP contribution in [-0.4, -0.2) is 116 Å². The molecule has 0 N–H and O–H groups in total. The van der Waals surface area contributed by atoms with Crippen LogP contribution in [0.5, 0.6) is 6.01 Å². The number of sulfonamides is 1. The van der Waals surface area contributed by atoms with Crippen molar-refractivity contribution in [1.29, 1.82) is 0 Å². The molecule has 0 bridgehead atoms. The second kappa shape index (κ2) is 12.3. The lowest BCUT2D eigenvalue weighted by Crippen LogP contribution is -2.48. The topological polar surface area (TPSA) is 102 Å². The molecular weight excluding hydrogens is 602 g/mol. The number of likely N-dealkylation sites (tertiary alicyclic amines) is 1. The molecule has 0 radical (unpaired) electrons. The monoisotopic (exact) mass is 647 g/mol. The maximum Gasteiger partial charge on any atom is 0.318 e. The van der Waals surface area contributed by atoms with Crippen molar-refractivity contribution in [3.05, 3.63) is 53.2 Å². The zero-order valence-electron chi connectivity index (χ0n) is 27.4. The largest absolute Gasteiger partial charge is 0.462 e. The van der Waals surface area contributed by atoms with Gasteiger partial charge in [0.25, 0.3) is 0 Å². The number of benzene rings is 2. The number of aromatic nitrogens is 2. The molecule has 0 aliphatic carbocycles. The fraction of sp³-hybridized carbons (Fsp3) is 0.559. The number of carbonyl (C=O) groups is 1. The maximum absolute atomic E-state index is 13.1. The van der Waals surface area contributed by atoms with Crippen LogP contribution < -0.4 is 14.5 Å². The highest BCUT2D eigenvalue weighted by molar-refractivity contribution is 7.88. The van der Waals surface area contributed by atoms with Crippen LogP contribution >= 0.6 is 0 Å². The second-order valence-electron chi connectivity index (χ2n) is 13.5. The quantitative estimate of drug-likeness (QED) is 0.342. The number of carbonyl (C=O) groups excluding carboxylic acids is 1. The number of piperidine rings is 1. The number of nitrogens with zero attached hydrogens (tertiary/aromatic N) is 7. The minimum atomic E-state index is -3.35. The standard InChI is InChI=1S/C34H45N7O4S/c1-23-8-5-9-24-10-6-12-29(31(23)24)40-19-15-27-28(20-40)35-34(45-22-26-11-7-16-37(26)2)36-32(27)39-17-13-25(14-18-39)38(3)33(42)30-21-41(30)46(4,43)44/h5-6,8-10,12,25-26,30H,7,11,13-22H2,1-4H3. The third-order valence-electron chi connectivity index (χ3n) is 10.5. The first-order chi connectivity index (χ1) is 22.1. The molecule has 46 heavy (non-hydrogen) atoms. The Morgan fingerprint density at radius 2 is 1.78 bits per heavy atom. The summed E-state index contributed by atoms with van der Waals surface area (Å²) in [5.74, 6) is 0.839. The average molecular weight is 648 g/mol. The van der Waals surface area contributed by atoms with Gasteiger partial charge in [-0.15, -0.1) is 0 Å². The Bertz CT molecular complexity index is 1740. The lowest BCUT2D eigenvalue weighted by molar-refractivity contribution is -0.132. The Balaban J connectivity index is 1.12. The van der Waals surface area contributed by atoms with Gasteiger partial charge in [0, 0.05) is 61.9 Å². The summed E-state index contributed by atoms with van der Waals surface area (Å²) in [5.41, 5.74) is 4.70. The van der Waals surface area contributed by atoms with Gasteiger partial charge in [-0.25, -0.2) is 8.42 Å². The highest BCUT2D eigenvalue weighted by Crippen LogP contribution is 2.36. The van der Waals surface area contributed by atoms with Crippen molar-refractivity contribution in [1.82, 2.24) is 24.1 Å². The van der Waals surface area contributed by atoms with Crippen LogP contribution in [0.2, 0.25) is 0 Å². The molecule has 7 rings (SSSR count). The minimum Gasteiger partial charge on any atom is -0.462 e. The summed E-state index contributed by atoms with van der Waals surface area (Å²) in [4.78, 5) is 32.0. The van der Waals surface area contributed by atoms with Crippen LogP contribution in [0.4, 0.5) is 11.5 Å². The normalized spacial score (nSPS) is 23.9. The van der Waals surface area contributed by atoms with Crippen molar-refractivity contribution < 1.29 is 17.9 Å². The van der Waals surface area contributed by atoms with Crippen LogP contribution in [0.3, 0.4) is 0 Å². The van der Waals surface area contributed by atoms with Crippen LogP contribution in [0.15, 0.2) is 36.4 Å². The van der Waals surface area contributed by atoms with Gasteiger partial charge in [-0.3, -0.25) is 4.79 Å². The van der Waals surface area contributed by atoms with Crippen LogP contribution in [-0.2, 0) is 27.8 Å². The van der Waals surface area contributed by atoms with Crippen molar-refractivity contribution in [2.24, 2.45) is 0 Å². The molecule has 3 saturated heterocycles. The van der Waals surface area contributed by atoms with E-state index in [9.17, 15) is 13.2 Å². The van der Waals surface area contributed by atoms with E-state index in [0.717, 1.165) is 69.6 Å². The van der Waals surface area contributed by atoms with Gasteiger partial charge >= 0.3 is 6.01 Å². The molecule has 0 spiro atoms. The molecule has 246 valence electrons. The summed E-state index contributed by atoms with van der Waals surface area (Å²) in [6.45, 7) is 7.18. The summed E-state index contributed by atoms with van der Waals surface area (Å²) in [6.07, 6.45) is 5.87. The van der Waals surface area contributed by atoms with Crippen LogP contribution in [0.1, 0.15) is 42.5 Å². The molecule has 1 amide bonds. The third kappa shape index (κ3) is 6.02. The zero-order chi connectivity index (χ0) is 32.2. The van der Waals surface area contributed by atoms with E-state index in [4.69, 9.17) is 14.7 Å². The Labute approximate surface area is 272 Å². The first-order valence-electron chi connectivity index (χ1n) is 16.5. The second-order valence-corrected chi connectivity index (χ2v) is 15.4. The Morgan fingerprint density at radius 3 is 2.48 bits per heavy atom. The number of hydrogen-bond donors (Lipinski definition) is 0. The number of aryl methyl sites for hydroxylation is 1. The molecule has 3 unspecified atom stereocenters. The van der Waals surface area contributed by atoms with E-state index in [1.165, 1.54) is 38.3 Å². The summed E-state index contributed by atoms with van der Waals surface area (Å²) in [7, 11) is 0.611. The van der Waals surface area contributed by atoms with Crippen molar-refractivity contribution in [3.8, 4) is 6.01 Å². The van der Waals surface area contributed by atoms with Gasteiger partial charge in [-0.1, -0.05) is 30.3 Å². The van der Waals surface area contributed by atoms with E-state index in [0.29, 0.717) is 25.2 Å². The molecule has 1 aromatic heterocycles. The number of hydrogen-bond acceptors (Lipinski definition) is 9. The maximum atomic E-state index is 13.1. The first-order valence-corrected chi connectivity index (χ1v) is 18.4. The number of likely N-dealkylation sites (N-methyl/N-ethyl adjacent to an activating group) is 2. The van der Waals surface area contributed by atoms with E-state index >= 15 is 0 Å². The molecular formula is C34H45N7O4S. The van der Waals surface area contributed by atoms with Crippen molar-refractivity contribution in [3.63, 3.8) is 0 Å². The molecule has 5 heterocycles. The first kappa shape index (κ1) is 31.1. The number of fused-ring (bicyclic) bond motifs is 2. The smallest absolute Gasteiger partial charge is 0.318 e. The van der Waals surface area contributed by atoms with E-state index in [1.54, 1.807) is 4.90 Å². The van der Waals surface area contributed by atoms with Crippen molar-refractivity contribution >= 4 is 38.2 Å². The Morgan fingerprint density at radius 1 is 1.02 bits per heavy atom. The molecule has 4 aliphatic heterocycles. The van der Waals surface area contributed by atoms with Crippen molar-refractivity contribution in [2.45, 2.75) is 63.7 Å². The summed E-state index contributed by atoms with van der Waals surface area (Å²) in [6, 6.07) is 13.3. The molecule has 11 nitrogen and oxygen atoms in total. The van der Waals surface area contributed by atoms with Gasteiger partial charge < -0.3 is 24.3 Å². The van der Waals surface area contributed by atoms with E-state index < -0.39 is 16.1 Å². The van der Waals surface area contributed by atoms with Crippen LogP contribution in [0, 0.1) is 6.92 Å². The van der Waals surface area contributed by atoms with E-state index in [1.807, 2.05) is 7.05 Å². The predicted molar refractivity (Wildman–Crippen MR) is 180 cm³/mol. The fourth-order valence-electron chi connectivity index (χ4n) is 7.62. The van der Waals surface area contributed by atoms with E-state index in [2.05, 4.69) is 65.1 Å². The van der Waals surface area contributed by atoms with Gasteiger partial charge in [-0.05, 0) is 69.6 Å². The number of ether oxygens (including phenoxy) is 1. The summed E-state index contributed by atoms with van der Waals surface area (Å²) in [5, 5.41) is 2.53. The number of amides is 1. The van der Waals surface area contributed by atoms with Crippen molar-refractivity contribution in [2.75, 3.05) is 69.5 Å².